The number of rotatable bonds is 8. The van der Waals surface area contributed by atoms with E-state index >= 15 is 0 Å². The Morgan fingerprint density at radius 2 is 1.97 bits per heavy atom. The summed E-state index contributed by atoms with van der Waals surface area (Å²) in [5, 5.41) is 23.3. The lowest BCUT2D eigenvalue weighted by molar-refractivity contribution is 0.0548. The van der Waals surface area contributed by atoms with E-state index in [2.05, 4.69) is 20.3 Å². The molecule has 0 aliphatic carbocycles. The second kappa shape index (κ2) is 9.15. The van der Waals surface area contributed by atoms with Crippen LogP contribution in [0, 0.1) is 24.1 Å². The number of hydrogen-bond donors (Lipinski definition) is 3. The molecule has 8 nitrogen and oxygen atoms in total. The third-order valence-corrected chi connectivity index (χ3v) is 5.39. The van der Waals surface area contributed by atoms with Gasteiger partial charge in [0.15, 0.2) is 18.1 Å². The van der Waals surface area contributed by atoms with Crippen molar-refractivity contribution in [3.05, 3.63) is 42.0 Å². The number of aryl methyl sites for hydroxylation is 1. The van der Waals surface area contributed by atoms with Gasteiger partial charge in [-0.3, -0.25) is 0 Å². The fraction of sp³-hybridized carbons (Fsp3) is 0.320. The molecular weight excluding hydrogens is 437 g/mol. The predicted molar refractivity (Wildman–Crippen MR) is 129 cm³/mol. The van der Waals surface area contributed by atoms with E-state index in [0.29, 0.717) is 57.1 Å². The summed E-state index contributed by atoms with van der Waals surface area (Å²) in [6, 6.07) is 10.2. The first kappa shape index (κ1) is 23.3. The highest BCUT2D eigenvalue weighted by molar-refractivity contribution is 6.15. The second-order valence-electron chi connectivity index (χ2n) is 8.61. The van der Waals surface area contributed by atoms with Gasteiger partial charge in [0.2, 0.25) is 0 Å². The summed E-state index contributed by atoms with van der Waals surface area (Å²) in [4.78, 5) is 12.4. The van der Waals surface area contributed by atoms with E-state index in [-0.39, 0.29) is 19.0 Å². The van der Waals surface area contributed by atoms with Crippen LogP contribution in [-0.4, -0.2) is 45.9 Å². The van der Waals surface area contributed by atoms with Crippen molar-refractivity contribution in [2.45, 2.75) is 32.8 Å². The van der Waals surface area contributed by atoms with Crippen molar-refractivity contribution in [3.8, 4) is 28.8 Å². The zero-order valence-corrected chi connectivity index (χ0v) is 19.5. The zero-order valence-electron chi connectivity index (χ0n) is 19.5. The van der Waals surface area contributed by atoms with Crippen molar-refractivity contribution in [3.63, 3.8) is 0 Å². The molecule has 0 spiro atoms. The number of ether oxygens (including phenoxy) is 2. The Balaban J connectivity index is 1.85. The van der Waals surface area contributed by atoms with Crippen LogP contribution < -0.4 is 14.8 Å². The van der Waals surface area contributed by atoms with E-state index in [1.807, 2.05) is 12.1 Å². The lowest BCUT2D eigenvalue weighted by Crippen LogP contribution is -2.21. The number of anilines is 1. The molecule has 0 radical (unpaired) electrons. The summed E-state index contributed by atoms with van der Waals surface area (Å²) in [5.41, 5.74) is 2.37. The van der Waals surface area contributed by atoms with Crippen molar-refractivity contribution < 1.29 is 19.0 Å². The van der Waals surface area contributed by atoms with Gasteiger partial charge in [-0.1, -0.05) is 0 Å². The van der Waals surface area contributed by atoms with Crippen molar-refractivity contribution in [1.29, 1.82) is 5.26 Å². The molecule has 0 aliphatic rings. The van der Waals surface area contributed by atoms with Crippen LogP contribution in [0.25, 0.3) is 33.2 Å². The molecule has 9 heteroatoms. The number of nitriles is 1. The van der Waals surface area contributed by atoms with Gasteiger partial charge in [-0.05, 0) is 51.1 Å². The number of H-pyrrole nitrogens is 1. The first-order valence-corrected chi connectivity index (χ1v) is 10.9. The van der Waals surface area contributed by atoms with Gasteiger partial charge < -0.3 is 24.9 Å². The fourth-order valence-corrected chi connectivity index (χ4v) is 3.79. The standard InChI is InChI=1S/C25H26FN5O3/c1-14-29-22(21-17-12-16(26)13-18(28-4)23(17)31-24(21)30-14)15-5-6-19(20(11-15)34-10-8-27)33-9-7-25(2,3)32/h5-6,11-13,28,32H,7,9-10H2,1-4H3,(H,29,30,31). The second-order valence-corrected chi connectivity index (χ2v) is 8.61. The van der Waals surface area contributed by atoms with E-state index in [0.717, 1.165) is 5.52 Å². The Morgan fingerprint density at radius 3 is 2.68 bits per heavy atom. The van der Waals surface area contributed by atoms with Crippen molar-refractivity contribution in [1.82, 2.24) is 15.0 Å². The third kappa shape index (κ3) is 4.72. The molecule has 34 heavy (non-hydrogen) atoms. The molecule has 0 unspecified atom stereocenters. The lowest BCUT2D eigenvalue weighted by atomic mass is 10.0. The molecule has 2 heterocycles. The molecule has 0 atom stereocenters. The van der Waals surface area contributed by atoms with Gasteiger partial charge in [-0.15, -0.1) is 0 Å². The van der Waals surface area contributed by atoms with Gasteiger partial charge in [0.05, 0.1) is 34.5 Å². The van der Waals surface area contributed by atoms with Gasteiger partial charge in [-0.25, -0.2) is 14.4 Å². The summed E-state index contributed by atoms with van der Waals surface area (Å²) < 4.78 is 25.8. The van der Waals surface area contributed by atoms with Crippen LogP contribution in [0.5, 0.6) is 11.5 Å². The van der Waals surface area contributed by atoms with E-state index in [1.165, 1.54) is 12.1 Å². The van der Waals surface area contributed by atoms with Crippen LogP contribution in [0.15, 0.2) is 30.3 Å². The molecular formula is C25H26FN5O3. The Bertz CT molecular complexity index is 1400. The van der Waals surface area contributed by atoms with Gasteiger partial charge in [0.25, 0.3) is 0 Å². The molecule has 2 aromatic carbocycles. The largest absolute Gasteiger partial charge is 0.490 e. The molecule has 3 N–H and O–H groups in total. The average molecular weight is 464 g/mol. The molecule has 0 saturated heterocycles. The van der Waals surface area contributed by atoms with Crippen LogP contribution in [-0.2, 0) is 0 Å². The van der Waals surface area contributed by atoms with E-state index in [1.54, 1.807) is 40.0 Å². The number of nitrogens with zero attached hydrogens (tertiary/aromatic N) is 3. The van der Waals surface area contributed by atoms with Crippen LogP contribution in [0.4, 0.5) is 10.1 Å². The van der Waals surface area contributed by atoms with Crippen molar-refractivity contribution in [2.24, 2.45) is 0 Å². The highest BCUT2D eigenvalue weighted by Gasteiger charge is 2.19. The maximum Gasteiger partial charge on any atom is 0.174 e. The number of halogens is 1. The van der Waals surface area contributed by atoms with Crippen molar-refractivity contribution >= 4 is 27.6 Å². The third-order valence-electron chi connectivity index (χ3n) is 5.39. The molecule has 176 valence electrons. The maximum absolute atomic E-state index is 14.4. The SMILES string of the molecule is CNc1cc(F)cc2c1[nH]c1nc(C)nc(-c3ccc(OCCC(C)(C)O)c(OCC#N)c3)c12. The molecule has 0 saturated carbocycles. The monoisotopic (exact) mass is 463 g/mol. The first-order chi connectivity index (χ1) is 16.2. The predicted octanol–water partition coefficient (Wildman–Crippen LogP) is 4.71. The van der Waals surface area contributed by atoms with E-state index < -0.39 is 5.60 Å². The van der Waals surface area contributed by atoms with Crippen LogP contribution >= 0.6 is 0 Å². The summed E-state index contributed by atoms with van der Waals surface area (Å²) in [7, 11) is 1.73. The topological polar surface area (TPSA) is 116 Å². The molecule has 0 fully saturated rings. The Morgan fingerprint density at radius 1 is 1.18 bits per heavy atom. The average Bonchev–Trinajstić information content (AvgIpc) is 3.14. The Kier molecular flexibility index (Phi) is 6.26. The quantitative estimate of drug-likeness (QED) is 0.346. The number of aromatic nitrogens is 3. The summed E-state index contributed by atoms with van der Waals surface area (Å²) in [6.07, 6.45) is 0.423. The number of aliphatic hydroxyl groups is 1. The fourth-order valence-electron chi connectivity index (χ4n) is 3.79. The highest BCUT2D eigenvalue weighted by Crippen LogP contribution is 2.39. The normalized spacial score (nSPS) is 11.6. The number of hydrogen-bond acceptors (Lipinski definition) is 7. The molecule has 0 aliphatic heterocycles. The summed E-state index contributed by atoms with van der Waals surface area (Å²) in [6.45, 7) is 5.32. The minimum atomic E-state index is -0.867. The number of benzene rings is 2. The van der Waals surface area contributed by atoms with Gasteiger partial charge in [0, 0.05) is 24.4 Å². The van der Waals surface area contributed by atoms with Crippen LogP contribution in [0.2, 0.25) is 0 Å². The number of aromatic amines is 1. The van der Waals surface area contributed by atoms with Gasteiger partial charge in [0.1, 0.15) is 23.4 Å². The van der Waals surface area contributed by atoms with Crippen LogP contribution in [0.3, 0.4) is 0 Å². The number of fused-ring (bicyclic) bond motifs is 3. The maximum atomic E-state index is 14.4. The number of nitrogens with one attached hydrogen (secondary N) is 2. The Hall–Kier alpha value is -3.90. The van der Waals surface area contributed by atoms with Crippen molar-refractivity contribution in [2.75, 3.05) is 25.6 Å². The highest BCUT2D eigenvalue weighted by atomic mass is 19.1. The smallest absolute Gasteiger partial charge is 0.174 e. The van der Waals surface area contributed by atoms with E-state index in [9.17, 15) is 9.50 Å². The van der Waals surface area contributed by atoms with E-state index in [4.69, 9.17) is 14.7 Å². The molecule has 0 amide bonds. The summed E-state index contributed by atoms with van der Waals surface area (Å²) in [5.74, 6) is 0.997. The molecule has 0 bridgehead atoms. The van der Waals surface area contributed by atoms with Gasteiger partial charge in [-0.2, -0.15) is 5.26 Å². The summed E-state index contributed by atoms with van der Waals surface area (Å²) >= 11 is 0. The zero-order chi connectivity index (χ0) is 24.5. The molecule has 4 aromatic rings. The van der Waals surface area contributed by atoms with Gasteiger partial charge >= 0.3 is 0 Å². The Labute approximate surface area is 196 Å². The minimum Gasteiger partial charge on any atom is -0.490 e. The lowest BCUT2D eigenvalue weighted by Gasteiger charge is -2.18. The van der Waals surface area contributed by atoms with Crippen LogP contribution in [0.1, 0.15) is 26.1 Å². The minimum absolute atomic E-state index is 0.159. The first-order valence-electron chi connectivity index (χ1n) is 10.9. The molecule has 4 rings (SSSR count). The molecule has 2 aromatic heterocycles.